The minimum absolute atomic E-state index is 0.805. The molecule has 0 aromatic rings. The Labute approximate surface area is 164 Å². The summed E-state index contributed by atoms with van der Waals surface area (Å²) in [5.74, 6) is 17.0. The number of allylic oxidation sites excluding steroid dienone is 2. The van der Waals surface area contributed by atoms with E-state index in [1.54, 1.807) is 19.3 Å². The van der Waals surface area contributed by atoms with Crippen LogP contribution in [0.2, 0.25) is 0 Å². The first-order chi connectivity index (χ1) is 13.3. The molecule has 0 N–H and O–H groups in total. The van der Waals surface area contributed by atoms with Gasteiger partial charge in [0.05, 0.1) is 6.07 Å². The molecule has 8 aliphatic rings. The van der Waals surface area contributed by atoms with Crippen LogP contribution in [0.1, 0.15) is 45.4 Å². The van der Waals surface area contributed by atoms with Crippen molar-refractivity contribution in [3.63, 3.8) is 0 Å². The molecule has 8 rings (SSSR count). The fraction of sp³-hybridized carbons (Fsp3) is 0.885. The fourth-order valence-corrected chi connectivity index (χ4v) is 12.6. The van der Waals surface area contributed by atoms with Crippen molar-refractivity contribution in [3.8, 4) is 6.07 Å². The van der Waals surface area contributed by atoms with Gasteiger partial charge in [-0.25, -0.2) is 0 Å². The molecule has 16 unspecified atom stereocenters. The largest absolute Gasteiger partial charge is 0.198 e. The third kappa shape index (κ3) is 1.47. The summed E-state index contributed by atoms with van der Waals surface area (Å²) in [4.78, 5) is 0. The molecule has 8 bridgehead atoms. The van der Waals surface area contributed by atoms with E-state index in [4.69, 9.17) is 5.26 Å². The van der Waals surface area contributed by atoms with Crippen molar-refractivity contribution in [1.29, 1.82) is 5.26 Å². The highest BCUT2D eigenvalue weighted by Gasteiger charge is 2.76. The van der Waals surface area contributed by atoms with Crippen molar-refractivity contribution in [2.75, 3.05) is 0 Å². The summed E-state index contributed by atoms with van der Waals surface area (Å²) < 4.78 is 0. The van der Waals surface area contributed by atoms with Gasteiger partial charge >= 0.3 is 0 Å². The zero-order chi connectivity index (χ0) is 17.6. The summed E-state index contributed by atoms with van der Waals surface area (Å²) in [7, 11) is 0. The number of hydrogen-bond donors (Lipinski definition) is 0. The van der Waals surface area contributed by atoms with Gasteiger partial charge in [-0.2, -0.15) is 5.26 Å². The fourth-order valence-electron chi connectivity index (χ4n) is 12.6. The maximum Gasteiger partial charge on any atom is 0.0621 e. The third-order valence-corrected chi connectivity index (χ3v) is 12.5. The second-order valence-electron chi connectivity index (χ2n) is 12.3. The zero-order valence-corrected chi connectivity index (χ0v) is 16.6. The molecule has 0 heterocycles. The number of fused-ring (bicyclic) bond motifs is 23. The molecule has 0 spiro atoms. The molecular weight excluding hydrogens is 326 g/mol. The van der Waals surface area contributed by atoms with Crippen LogP contribution in [-0.4, -0.2) is 0 Å². The summed E-state index contributed by atoms with van der Waals surface area (Å²) in [6.45, 7) is 2.57. The van der Waals surface area contributed by atoms with Crippen LogP contribution < -0.4 is 0 Å². The van der Waals surface area contributed by atoms with E-state index in [0.29, 0.717) is 0 Å². The van der Waals surface area contributed by atoms with Crippen molar-refractivity contribution in [2.45, 2.75) is 45.4 Å². The van der Waals surface area contributed by atoms with Crippen LogP contribution in [0.25, 0.3) is 0 Å². The van der Waals surface area contributed by atoms with E-state index < -0.39 is 0 Å². The Morgan fingerprint density at radius 2 is 1.22 bits per heavy atom. The van der Waals surface area contributed by atoms with Gasteiger partial charge in [-0.1, -0.05) is 19.1 Å². The zero-order valence-electron chi connectivity index (χ0n) is 16.6. The molecule has 1 heteroatoms. The smallest absolute Gasteiger partial charge is 0.0621 e. The molecule has 16 atom stereocenters. The van der Waals surface area contributed by atoms with Crippen LogP contribution in [0.15, 0.2) is 12.2 Å². The highest BCUT2D eigenvalue weighted by Crippen LogP contribution is 2.81. The van der Waals surface area contributed by atoms with Crippen molar-refractivity contribution < 1.29 is 0 Å². The lowest BCUT2D eigenvalue weighted by molar-refractivity contribution is -0.0412. The summed E-state index contributed by atoms with van der Waals surface area (Å²) >= 11 is 0. The van der Waals surface area contributed by atoms with Gasteiger partial charge < -0.3 is 0 Å². The van der Waals surface area contributed by atoms with Crippen molar-refractivity contribution in [1.82, 2.24) is 0 Å². The monoisotopic (exact) mass is 359 g/mol. The van der Waals surface area contributed by atoms with E-state index in [0.717, 1.165) is 101 Å². The standard InChI is InChI=1S/C26H33N/c1-11-14(3-2-6-27)16-8-15(11)23-19-10-20(24(16)23)26-18-9-17(25(19)26)21-12-4-5-13(7-12)22(18)21/h4-5,11-26H,2-3,7-10H2,1H3. The molecule has 0 saturated heterocycles. The number of hydrogen-bond acceptors (Lipinski definition) is 1. The molecule has 27 heavy (non-hydrogen) atoms. The normalized spacial score (nSPS) is 69.9. The van der Waals surface area contributed by atoms with E-state index in [9.17, 15) is 0 Å². The summed E-state index contributed by atoms with van der Waals surface area (Å²) in [5.41, 5.74) is 0. The van der Waals surface area contributed by atoms with Gasteiger partial charge in [0.15, 0.2) is 0 Å². The van der Waals surface area contributed by atoms with Gasteiger partial charge in [0.2, 0.25) is 0 Å². The van der Waals surface area contributed by atoms with E-state index in [2.05, 4.69) is 25.1 Å². The van der Waals surface area contributed by atoms with Gasteiger partial charge in [0, 0.05) is 6.42 Å². The molecule has 0 aliphatic heterocycles. The molecule has 7 fully saturated rings. The molecule has 1 nitrogen and oxygen atoms in total. The topological polar surface area (TPSA) is 23.8 Å². The summed E-state index contributed by atoms with van der Waals surface area (Å²) in [6, 6.07) is 2.46. The molecular formula is C26H33N. The van der Waals surface area contributed by atoms with E-state index in [-0.39, 0.29) is 0 Å². The first-order valence-corrected chi connectivity index (χ1v) is 12.3. The quantitative estimate of drug-likeness (QED) is 0.479. The lowest BCUT2D eigenvalue weighted by atomic mass is 9.53. The lowest BCUT2D eigenvalue weighted by Gasteiger charge is -2.51. The van der Waals surface area contributed by atoms with Crippen LogP contribution in [0.4, 0.5) is 0 Å². The van der Waals surface area contributed by atoms with Crippen molar-refractivity contribution >= 4 is 0 Å². The summed E-state index contributed by atoms with van der Waals surface area (Å²) in [5, 5.41) is 9.15. The molecule has 142 valence electrons. The lowest BCUT2D eigenvalue weighted by Crippen LogP contribution is -2.48. The third-order valence-electron chi connectivity index (χ3n) is 12.5. The average molecular weight is 360 g/mol. The Balaban J connectivity index is 1.15. The second kappa shape index (κ2) is 4.68. The van der Waals surface area contributed by atoms with Crippen molar-refractivity contribution in [3.05, 3.63) is 12.2 Å². The van der Waals surface area contributed by atoms with E-state index >= 15 is 0 Å². The number of nitriles is 1. The first kappa shape index (κ1) is 15.1. The van der Waals surface area contributed by atoms with Crippen LogP contribution >= 0.6 is 0 Å². The number of nitrogens with zero attached hydrogens (tertiary/aromatic N) is 1. The molecule has 7 saturated carbocycles. The minimum atomic E-state index is 0.805. The van der Waals surface area contributed by atoms with Crippen LogP contribution in [-0.2, 0) is 0 Å². The van der Waals surface area contributed by atoms with Gasteiger partial charge in [-0.3, -0.25) is 0 Å². The molecule has 0 amide bonds. The Bertz CT molecular complexity index is 776. The summed E-state index contributed by atoms with van der Waals surface area (Å²) in [6.07, 6.45) is 13.6. The Kier molecular flexibility index (Phi) is 2.62. The number of rotatable bonds is 2. The SMILES string of the molecule is CC1C(CCC#N)C2CC1C1C3CC(C21)C1C2CC(C4C5C=CC(C5)C24)C31. The second-order valence-corrected chi connectivity index (χ2v) is 12.3. The highest BCUT2D eigenvalue weighted by atomic mass is 14.8. The van der Waals surface area contributed by atoms with Gasteiger partial charge in [-0.05, 0) is 127 Å². The minimum Gasteiger partial charge on any atom is -0.198 e. The maximum atomic E-state index is 9.15. The van der Waals surface area contributed by atoms with Gasteiger partial charge in [-0.15, -0.1) is 0 Å². The first-order valence-electron chi connectivity index (χ1n) is 12.3. The maximum absolute atomic E-state index is 9.15. The molecule has 0 aromatic heterocycles. The van der Waals surface area contributed by atoms with Gasteiger partial charge in [0.1, 0.15) is 0 Å². The molecule has 0 radical (unpaired) electrons. The van der Waals surface area contributed by atoms with Crippen LogP contribution in [0, 0.1) is 106 Å². The predicted octanol–water partition coefficient (Wildman–Crippen LogP) is 5.39. The van der Waals surface area contributed by atoms with E-state index in [1.165, 1.54) is 12.8 Å². The Hall–Kier alpha value is -0.770. The Morgan fingerprint density at radius 3 is 1.85 bits per heavy atom. The Morgan fingerprint density at radius 1 is 0.704 bits per heavy atom. The van der Waals surface area contributed by atoms with Crippen molar-refractivity contribution in [2.24, 2.45) is 94.7 Å². The predicted molar refractivity (Wildman–Crippen MR) is 104 cm³/mol. The average Bonchev–Trinajstić information content (AvgIpc) is 3.50. The van der Waals surface area contributed by atoms with Crippen LogP contribution in [0.5, 0.6) is 0 Å². The van der Waals surface area contributed by atoms with Crippen LogP contribution in [0.3, 0.4) is 0 Å². The molecule has 0 aromatic carbocycles. The highest BCUT2D eigenvalue weighted by molar-refractivity contribution is 5.27. The molecule has 8 aliphatic carbocycles. The van der Waals surface area contributed by atoms with E-state index in [1.807, 2.05) is 0 Å². The van der Waals surface area contributed by atoms with Gasteiger partial charge in [0.25, 0.3) is 0 Å².